The molecule has 4 heteroatoms. The Morgan fingerprint density at radius 3 is 2.82 bits per heavy atom. The van der Waals surface area contributed by atoms with Crippen molar-refractivity contribution >= 4 is 0 Å². The van der Waals surface area contributed by atoms with Crippen LogP contribution >= 0.6 is 0 Å². The number of benzene rings is 1. The smallest absolute Gasteiger partial charge is 0.0568 e. The molecule has 0 atom stereocenters. The van der Waals surface area contributed by atoms with E-state index < -0.39 is 0 Å². The first-order valence-electron chi connectivity index (χ1n) is 7.99. The molecule has 1 aromatic carbocycles. The van der Waals surface area contributed by atoms with Crippen molar-refractivity contribution < 1.29 is 0 Å². The zero-order valence-electron chi connectivity index (χ0n) is 14.1. The van der Waals surface area contributed by atoms with E-state index in [1.165, 1.54) is 22.3 Å². The van der Waals surface area contributed by atoms with Crippen LogP contribution in [0.2, 0.25) is 0 Å². The highest BCUT2D eigenvalue weighted by Gasteiger charge is 2.26. The zero-order chi connectivity index (χ0) is 15.7. The van der Waals surface area contributed by atoms with Crippen LogP contribution in [-0.2, 0) is 13.6 Å². The summed E-state index contributed by atoms with van der Waals surface area (Å²) in [6.45, 7) is 10.9. The number of aromatic nitrogens is 2. The molecule has 1 fully saturated rings. The van der Waals surface area contributed by atoms with Crippen LogP contribution in [0.4, 0.5) is 0 Å². The van der Waals surface area contributed by atoms with Crippen molar-refractivity contribution in [2.24, 2.45) is 7.05 Å². The zero-order valence-corrected chi connectivity index (χ0v) is 14.1. The number of aryl methyl sites for hydroxylation is 2. The molecule has 0 aliphatic carbocycles. The molecule has 0 radical (unpaired) electrons. The van der Waals surface area contributed by atoms with Crippen LogP contribution in [0.25, 0.3) is 11.1 Å². The molecule has 118 valence electrons. The molecule has 0 saturated carbocycles. The molecule has 0 unspecified atom stereocenters. The summed E-state index contributed by atoms with van der Waals surface area (Å²) in [7, 11) is 1.97. The minimum absolute atomic E-state index is 0.192. The number of nitrogens with one attached hydrogen (secondary N) is 1. The van der Waals surface area contributed by atoms with Crippen LogP contribution in [0.3, 0.4) is 0 Å². The van der Waals surface area contributed by atoms with Gasteiger partial charge in [0.05, 0.1) is 6.20 Å². The predicted molar refractivity (Wildman–Crippen MR) is 90.7 cm³/mol. The van der Waals surface area contributed by atoms with E-state index in [0.717, 1.165) is 26.2 Å². The van der Waals surface area contributed by atoms with Gasteiger partial charge >= 0.3 is 0 Å². The van der Waals surface area contributed by atoms with Crippen LogP contribution in [0.1, 0.15) is 25.0 Å². The van der Waals surface area contributed by atoms with E-state index in [1.54, 1.807) is 0 Å². The average Bonchev–Trinajstić information content (AvgIpc) is 2.86. The van der Waals surface area contributed by atoms with Gasteiger partial charge in [0.25, 0.3) is 0 Å². The fraction of sp³-hybridized carbons (Fsp3) is 0.500. The molecular weight excluding hydrogens is 272 g/mol. The Morgan fingerprint density at radius 1 is 1.32 bits per heavy atom. The molecule has 1 aliphatic heterocycles. The number of hydrogen-bond donors (Lipinski definition) is 1. The largest absolute Gasteiger partial charge is 0.309 e. The minimum Gasteiger partial charge on any atom is -0.309 e. The molecule has 1 aliphatic rings. The Balaban J connectivity index is 1.87. The lowest BCUT2D eigenvalue weighted by molar-refractivity contribution is 0.148. The van der Waals surface area contributed by atoms with Crippen LogP contribution in [0, 0.1) is 6.92 Å². The van der Waals surface area contributed by atoms with Gasteiger partial charge in [-0.15, -0.1) is 0 Å². The highest BCUT2D eigenvalue weighted by molar-refractivity contribution is 5.66. The normalized spacial score (nSPS) is 18.5. The van der Waals surface area contributed by atoms with Gasteiger partial charge in [0, 0.05) is 50.5 Å². The third kappa shape index (κ3) is 3.39. The van der Waals surface area contributed by atoms with E-state index in [-0.39, 0.29) is 5.54 Å². The average molecular weight is 298 g/mol. The summed E-state index contributed by atoms with van der Waals surface area (Å²) < 4.78 is 1.87. The first-order valence-corrected chi connectivity index (χ1v) is 7.99. The fourth-order valence-corrected chi connectivity index (χ4v) is 3.28. The molecule has 4 nitrogen and oxygen atoms in total. The third-order valence-corrected chi connectivity index (χ3v) is 4.33. The van der Waals surface area contributed by atoms with E-state index in [1.807, 2.05) is 17.9 Å². The molecule has 1 aromatic heterocycles. The maximum atomic E-state index is 4.33. The highest BCUT2D eigenvalue weighted by Crippen LogP contribution is 2.26. The van der Waals surface area contributed by atoms with Crippen molar-refractivity contribution in [3.8, 4) is 11.1 Å². The second kappa shape index (κ2) is 5.86. The molecular formula is C18H26N4. The van der Waals surface area contributed by atoms with Gasteiger partial charge in [0.15, 0.2) is 0 Å². The molecule has 1 saturated heterocycles. The second-order valence-corrected chi connectivity index (χ2v) is 7.08. The van der Waals surface area contributed by atoms with Gasteiger partial charge in [0.1, 0.15) is 0 Å². The number of nitrogens with zero attached hydrogens (tertiary/aromatic N) is 3. The maximum Gasteiger partial charge on any atom is 0.0568 e. The fourth-order valence-electron chi connectivity index (χ4n) is 3.28. The second-order valence-electron chi connectivity index (χ2n) is 7.08. The first-order chi connectivity index (χ1) is 10.4. The highest BCUT2D eigenvalue weighted by atomic mass is 15.2. The van der Waals surface area contributed by atoms with Crippen molar-refractivity contribution in [2.75, 3.05) is 19.6 Å². The van der Waals surface area contributed by atoms with Crippen molar-refractivity contribution in [3.05, 3.63) is 41.7 Å². The lowest BCUT2D eigenvalue weighted by atomic mass is 9.97. The minimum atomic E-state index is 0.192. The summed E-state index contributed by atoms with van der Waals surface area (Å²) in [5.74, 6) is 0. The maximum absolute atomic E-state index is 4.33. The van der Waals surface area contributed by atoms with Crippen LogP contribution < -0.4 is 5.32 Å². The van der Waals surface area contributed by atoms with Crippen molar-refractivity contribution in [2.45, 2.75) is 32.9 Å². The molecule has 3 rings (SSSR count). The summed E-state index contributed by atoms with van der Waals surface area (Å²) in [5, 5.41) is 7.90. The SMILES string of the molecule is Cc1ccc(CN2CCNC(C)(C)C2)c(-c2cnn(C)c2)c1. The van der Waals surface area contributed by atoms with Gasteiger partial charge in [-0.1, -0.05) is 23.8 Å². The van der Waals surface area contributed by atoms with Crippen LogP contribution in [-0.4, -0.2) is 39.9 Å². The van der Waals surface area contributed by atoms with Gasteiger partial charge in [0.2, 0.25) is 0 Å². The van der Waals surface area contributed by atoms with Crippen molar-refractivity contribution in [1.29, 1.82) is 0 Å². The molecule has 2 heterocycles. The Morgan fingerprint density at radius 2 is 2.14 bits per heavy atom. The van der Waals surface area contributed by atoms with E-state index in [2.05, 4.69) is 60.5 Å². The van der Waals surface area contributed by atoms with Gasteiger partial charge in [-0.05, 0) is 31.9 Å². The standard InChI is InChI=1S/C18H26N4/c1-14-5-6-15(12-22-8-7-19-18(2,3)13-22)17(9-14)16-10-20-21(4)11-16/h5-6,9-11,19H,7-8,12-13H2,1-4H3. The molecule has 0 bridgehead atoms. The van der Waals surface area contributed by atoms with E-state index in [4.69, 9.17) is 0 Å². The van der Waals surface area contributed by atoms with E-state index in [9.17, 15) is 0 Å². The Labute approximate surface area is 133 Å². The molecule has 1 N–H and O–H groups in total. The number of piperazine rings is 1. The molecule has 22 heavy (non-hydrogen) atoms. The van der Waals surface area contributed by atoms with Gasteiger partial charge in [-0.25, -0.2) is 0 Å². The molecule has 0 amide bonds. The lowest BCUT2D eigenvalue weighted by Crippen LogP contribution is -2.56. The van der Waals surface area contributed by atoms with Crippen LogP contribution in [0.15, 0.2) is 30.6 Å². The summed E-state index contributed by atoms with van der Waals surface area (Å²) in [6.07, 6.45) is 4.06. The first kappa shape index (κ1) is 15.3. The Hall–Kier alpha value is -1.65. The summed E-state index contributed by atoms with van der Waals surface area (Å²) in [5.41, 5.74) is 5.39. The summed E-state index contributed by atoms with van der Waals surface area (Å²) >= 11 is 0. The van der Waals surface area contributed by atoms with Crippen LogP contribution in [0.5, 0.6) is 0 Å². The third-order valence-electron chi connectivity index (χ3n) is 4.33. The predicted octanol–water partition coefficient (Wildman–Crippen LogP) is 2.58. The van der Waals surface area contributed by atoms with Gasteiger partial charge in [-0.2, -0.15) is 5.10 Å². The summed E-state index contributed by atoms with van der Waals surface area (Å²) in [6, 6.07) is 6.76. The number of hydrogen-bond acceptors (Lipinski definition) is 3. The molecule has 2 aromatic rings. The molecule has 0 spiro atoms. The Kier molecular flexibility index (Phi) is 4.06. The lowest BCUT2D eigenvalue weighted by Gasteiger charge is -2.39. The van der Waals surface area contributed by atoms with Gasteiger partial charge < -0.3 is 5.32 Å². The van der Waals surface area contributed by atoms with Gasteiger partial charge in [-0.3, -0.25) is 9.58 Å². The quantitative estimate of drug-likeness (QED) is 0.945. The van der Waals surface area contributed by atoms with Crippen molar-refractivity contribution in [1.82, 2.24) is 20.0 Å². The van der Waals surface area contributed by atoms with Crippen molar-refractivity contribution in [3.63, 3.8) is 0 Å². The number of rotatable bonds is 3. The summed E-state index contributed by atoms with van der Waals surface area (Å²) in [4.78, 5) is 2.54. The van der Waals surface area contributed by atoms with E-state index >= 15 is 0 Å². The van der Waals surface area contributed by atoms with E-state index in [0.29, 0.717) is 0 Å². The topological polar surface area (TPSA) is 33.1 Å². The monoisotopic (exact) mass is 298 g/mol. The Bertz CT molecular complexity index is 657.